The Morgan fingerprint density at radius 1 is 1.26 bits per heavy atom. The highest BCUT2D eigenvalue weighted by Gasteiger charge is 2.20. The lowest BCUT2D eigenvalue weighted by atomic mass is 9.96. The first-order valence-electron chi connectivity index (χ1n) is 6.59. The quantitative estimate of drug-likeness (QED) is 0.888. The molecule has 0 amide bonds. The summed E-state index contributed by atoms with van der Waals surface area (Å²) in [4.78, 5) is 1.25. The van der Waals surface area contributed by atoms with Crippen LogP contribution in [0.3, 0.4) is 0 Å². The second-order valence-electron chi connectivity index (χ2n) is 4.63. The predicted octanol–water partition coefficient (Wildman–Crippen LogP) is 4.07. The zero-order valence-electron chi connectivity index (χ0n) is 12.0. The minimum atomic E-state index is 0.208. The standard InChI is InChI=1S/C16H21NOS/c1-5-17-15(16-14(18-4)9-10-19-16)13-8-6-7-11(2)12(13)3/h6-10,15,17H,5H2,1-4H3. The molecule has 2 aromatic rings. The lowest BCUT2D eigenvalue weighted by Crippen LogP contribution is -2.22. The summed E-state index contributed by atoms with van der Waals surface area (Å²) >= 11 is 1.74. The second kappa shape index (κ2) is 6.22. The number of nitrogens with one attached hydrogen (secondary N) is 1. The van der Waals surface area contributed by atoms with E-state index in [4.69, 9.17) is 4.74 Å². The third-order valence-electron chi connectivity index (χ3n) is 3.51. The number of ether oxygens (including phenoxy) is 1. The first-order valence-corrected chi connectivity index (χ1v) is 7.47. The molecule has 0 aliphatic carbocycles. The predicted molar refractivity (Wildman–Crippen MR) is 82.3 cm³/mol. The van der Waals surface area contributed by atoms with Crippen LogP contribution in [0.2, 0.25) is 0 Å². The number of hydrogen-bond acceptors (Lipinski definition) is 3. The van der Waals surface area contributed by atoms with Gasteiger partial charge in [0.05, 0.1) is 18.0 Å². The number of methoxy groups -OCH3 is 1. The van der Waals surface area contributed by atoms with Gasteiger partial charge >= 0.3 is 0 Å². The molecule has 0 radical (unpaired) electrons. The molecule has 0 bridgehead atoms. The van der Waals surface area contributed by atoms with Crippen molar-refractivity contribution in [2.24, 2.45) is 0 Å². The fourth-order valence-corrected chi connectivity index (χ4v) is 3.27. The van der Waals surface area contributed by atoms with Gasteiger partial charge in [0.1, 0.15) is 5.75 Å². The van der Waals surface area contributed by atoms with Gasteiger partial charge in [0, 0.05) is 0 Å². The summed E-state index contributed by atoms with van der Waals surface area (Å²) in [7, 11) is 1.73. The van der Waals surface area contributed by atoms with Gasteiger partial charge in [-0.25, -0.2) is 0 Å². The topological polar surface area (TPSA) is 21.3 Å². The Balaban J connectivity index is 2.48. The summed E-state index contributed by atoms with van der Waals surface area (Å²) < 4.78 is 5.47. The maximum absolute atomic E-state index is 5.47. The number of benzene rings is 1. The zero-order chi connectivity index (χ0) is 13.8. The van der Waals surface area contributed by atoms with Gasteiger partial charge in [0.15, 0.2) is 0 Å². The molecule has 1 heterocycles. The largest absolute Gasteiger partial charge is 0.496 e. The van der Waals surface area contributed by atoms with E-state index in [1.807, 2.05) is 6.07 Å². The number of hydrogen-bond donors (Lipinski definition) is 1. The smallest absolute Gasteiger partial charge is 0.134 e. The summed E-state index contributed by atoms with van der Waals surface area (Å²) in [5.41, 5.74) is 4.02. The van der Waals surface area contributed by atoms with E-state index in [2.05, 4.69) is 49.7 Å². The minimum absolute atomic E-state index is 0.208. The highest BCUT2D eigenvalue weighted by atomic mass is 32.1. The Bertz CT molecular complexity index is 547. The van der Waals surface area contributed by atoms with Crippen LogP contribution >= 0.6 is 11.3 Å². The van der Waals surface area contributed by atoms with Crippen LogP contribution in [0.5, 0.6) is 5.75 Å². The monoisotopic (exact) mass is 275 g/mol. The summed E-state index contributed by atoms with van der Waals surface area (Å²) in [6.45, 7) is 7.42. The lowest BCUT2D eigenvalue weighted by molar-refractivity contribution is 0.407. The van der Waals surface area contributed by atoms with Crippen LogP contribution in [-0.2, 0) is 0 Å². The van der Waals surface area contributed by atoms with Gasteiger partial charge < -0.3 is 10.1 Å². The van der Waals surface area contributed by atoms with Crippen LogP contribution < -0.4 is 10.1 Å². The first-order chi connectivity index (χ1) is 9.19. The second-order valence-corrected chi connectivity index (χ2v) is 5.58. The molecule has 0 saturated heterocycles. The van der Waals surface area contributed by atoms with Crippen molar-refractivity contribution in [2.45, 2.75) is 26.8 Å². The molecule has 102 valence electrons. The Morgan fingerprint density at radius 2 is 2.05 bits per heavy atom. The van der Waals surface area contributed by atoms with E-state index in [0.717, 1.165) is 12.3 Å². The third kappa shape index (κ3) is 2.82. The summed E-state index contributed by atoms with van der Waals surface area (Å²) in [5, 5.41) is 5.66. The first kappa shape index (κ1) is 14.1. The molecule has 0 aliphatic heterocycles. The van der Waals surface area contributed by atoms with Gasteiger partial charge in [-0.3, -0.25) is 0 Å². The third-order valence-corrected chi connectivity index (χ3v) is 4.47. The van der Waals surface area contributed by atoms with Gasteiger partial charge in [-0.1, -0.05) is 25.1 Å². The van der Waals surface area contributed by atoms with Crippen molar-refractivity contribution in [2.75, 3.05) is 13.7 Å². The summed E-state index contributed by atoms with van der Waals surface area (Å²) in [5.74, 6) is 0.969. The van der Waals surface area contributed by atoms with Crippen LogP contribution in [-0.4, -0.2) is 13.7 Å². The molecule has 19 heavy (non-hydrogen) atoms. The fraction of sp³-hybridized carbons (Fsp3) is 0.375. The Morgan fingerprint density at radius 3 is 2.74 bits per heavy atom. The number of rotatable bonds is 5. The maximum Gasteiger partial charge on any atom is 0.134 e. The maximum atomic E-state index is 5.47. The highest BCUT2D eigenvalue weighted by Crippen LogP contribution is 2.36. The SMILES string of the molecule is CCNC(c1cccc(C)c1C)c1sccc1OC. The molecular formula is C16H21NOS. The van der Waals surface area contributed by atoms with Crippen LogP contribution in [0.15, 0.2) is 29.6 Å². The van der Waals surface area contributed by atoms with Crippen molar-refractivity contribution in [1.29, 1.82) is 0 Å². The molecule has 0 fully saturated rings. The van der Waals surface area contributed by atoms with Gasteiger partial charge in [0.25, 0.3) is 0 Å². The highest BCUT2D eigenvalue weighted by molar-refractivity contribution is 7.10. The van der Waals surface area contributed by atoms with Crippen LogP contribution in [0.4, 0.5) is 0 Å². The van der Waals surface area contributed by atoms with Crippen molar-refractivity contribution in [1.82, 2.24) is 5.32 Å². The van der Waals surface area contributed by atoms with Gasteiger partial charge in [-0.05, 0) is 48.5 Å². The Labute approximate surface area is 119 Å². The zero-order valence-corrected chi connectivity index (χ0v) is 12.8. The van der Waals surface area contributed by atoms with E-state index in [-0.39, 0.29) is 6.04 Å². The van der Waals surface area contributed by atoms with Crippen molar-refractivity contribution in [3.8, 4) is 5.75 Å². The molecular weight excluding hydrogens is 254 g/mol. The molecule has 3 heteroatoms. The molecule has 1 unspecified atom stereocenters. The Kier molecular flexibility index (Phi) is 4.61. The molecule has 1 aromatic heterocycles. The van der Waals surface area contributed by atoms with Crippen LogP contribution in [0, 0.1) is 13.8 Å². The molecule has 1 aromatic carbocycles. The van der Waals surface area contributed by atoms with Crippen molar-refractivity contribution >= 4 is 11.3 Å². The fourth-order valence-electron chi connectivity index (χ4n) is 2.32. The molecule has 1 N–H and O–H groups in total. The molecule has 1 atom stereocenters. The van der Waals surface area contributed by atoms with Crippen LogP contribution in [0.25, 0.3) is 0 Å². The summed E-state index contributed by atoms with van der Waals surface area (Å²) in [6.07, 6.45) is 0. The summed E-state index contributed by atoms with van der Waals surface area (Å²) in [6, 6.07) is 8.74. The van der Waals surface area contributed by atoms with E-state index in [1.165, 1.54) is 21.6 Å². The molecule has 2 nitrogen and oxygen atoms in total. The van der Waals surface area contributed by atoms with E-state index < -0.39 is 0 Å². The van der Waals surface area contributed by atoms with Crippen molar-refractivity contribution in [3.63, 3.8) is 0 Å². The average Bonchev–Trinajstić information content (AvgIpc) is 2.88. The molecule has 0 aliphatic rings. The van der Waals surface area contributed by atoms with Gasteiger partial charge in [0.2, 0.25) is 0 Å². The van der Waals surface area contributed by atoms with E-state index >= 15 is 0 Å². The number of aryl methyl sites for hydroxylation is 1. The number of thiophene rings is 1. The normalized spacial score (nSPS) is 12.4. The molecule has 0 saturated carbocycles. The van der Waals surface area contributed by atoms with Crippen molar-refractivity contribution in [3.05, 3.63) is 51.2 Å². The lowest BCUT2D eigenvalue weighted by Gasteiger charge is -2.21. The van der Waals surface area contributed by atoms with Crippen molar-refractivity contribution < 1.29 is 4.74 Å². The van der Waals surface area contributed by atoms with E-state index in [9.17, 15) is 0 Å². The van der Waals surface area contributed by atoms with E-state index in [1.54, 1.807) is 18.4 Å². The minimum Gasteiger partial charge on any atom is -0.496 e. The van der Waals surface area contributed by atoms with Gasteiger partial charge in [-0.2, -0.15) is 0 Å². The average molecular weight is 275 g/mol. The van der Waals surface area contributed by atoms with Gasteiger partial charge in [-0.15, -0.1) is 11.3 Å². The Hall–Kier alpha value is -1.32. The van der Waals surface area contributed by atoms with E-state index in [0.29, 0.717) is 0 Å². The molecule has 2 rings (SSSR count). The van der Waals surface area contributed by atoms with Crippen LogP contribution in [0.1, 0.15) is 34.5 Å². The molecule has 0 spiro atoms.